The molecule has 0 aliphatic heterocycles. The maximum absolute atomic E-state index is 5.59. The molecule has 0 fully saturated rings. The average molecular weight is 169 g/mol. The van der Waals surface area contributed by atoms with Crippen molar-refractivity contribution in [1.82, 2.24) is 15.0 Å². The van der Waals surface area contributed by atoms with E-state index in [1.54, 1.807) is 10.9 Å². The molecule has 1 rings (SSSR count). The Morgan fingerprint density at radius 1 is 1.75 bits per heavy atom. The molecule has 68 valence electrons. The number of nitrogens with two attached hydrogens (primary N) is 1. The summed E-state index contributed by atoms with van der Waals surface area (Å²) in [7, 11) is 1.85. The van der Waals surface area contributed by atoms with Gasteiger partial charge >= 0.3 is 0 Å². The van der Waals surface area contributed by atoms with Crippen LogP contribution < -0.4 is 11.1 Å². The van der Waals surface area contributed by atoms with Gasteiger partial charge in [0, 0.05) is 19.6 Å². The van der Waals surface area contributed by atoms with E-state index in [0.29, 0.717) is 0 Å². The number of nitrogens with one attached hydrogen (secondary N) is 1. The van der Waals surface area contributed by atoms with Gasteiger partial charge in [-0.3, -0.25) is 0 Å². The lowest BCUT2D eigenvalue weighted by atomic mass is 10.2. The second kappa shape index (κ2) is 4.06. The van der Waals surface area contributed by atoms with E-state index in [4.69, 9.17) is 5.73 Å². The predicted octanol–water partition coefficient (Wildman–Crippen LogP) is -0.0357. The van der Waals surface area contributed by atoms with Crippen LogP contribution in [0.2, 0.25) is 0 Å². The summed E-state index contributed by atoms with van der Waals surface area (Å²) in [6, 6.07) is 0.235. The zero-order chi connectivity index (χ0) is 8.97. The van der Waals surface area contributed by atoms with E-state index in [0.717, 1.165) is 18.8 Å². The molecule has 1 aromatic heterocycles. The maximum atomic E-state index is 5.59. The lowest BCUT2D eigenvalue weighted by Gasteiger charge is -2.06. The molecular formula is C7H15N5. The van der Waals surface area contributed by atoms with Crippen molar-refractivity contribution in [2.24, 2.45) is 12.8 Å². The van der Waals surface area contributed by atoms with Crippen LogP contribution in [0.15, 0.2) is 6.20 Å². The van der Waals surface area contributed by atoms with E-state index in [1.165, 1.54) is 0 Å². The highest BCUT2D eigenvalue weighted by Gasteiger charge is 1.98. The van der Waals surface area contributed by atoms with Gasteiger partial charge in [0.2, 0.25) is 0 Å². The third-order valence-electron chi connectivity index (χ3n) is 1.62. The molecule has 0 radical (unpaired) electrons. The molecule has 0 aliphatic carbocycles. The van der Waals surface area contributed by atoms with Gasteiger partial charge in [0.15, 0.2) is 0 Å². The molecule has 12 heavy (non-hydrogen) atoms. The Bertz CT molecular complexity index is 229. The van der Waals surface area contributed by atoms with Gasteiger partial charge in [0.1, 0.15) is 5.82 Å². The van der Waals surface area contributed by atoms with Crippen LogP contribution in [-0.2, 0) is 7.05 Å². The van der Waals surface area contributed by atoms with E-state index >= 15 is 0 Å². The van der Waals surface area contributed by atoms with Crippen LogP contribution in [0.4, 0.5) is 5.82 Å². The molecule has 0 spiro atoms. The fraction of sp³-hybridized carbons (Fsp3) is 0.714. The summed E-state index contributed by atoms with van der Waals surface area (Å²) in [4.78, 5) is 0. The third kappa shape index (κ3) is 2.50. The fourth-order valence-corrected chi connectivity index (χ4v) is 0.878. The van der Waals surface area contributed by atoms with E-state index in [2.05, 4.69) is 15.6 Å². The Morgan fingerprint density at radius 2 is 2.50 bits per heavy atom. The van der Waals surface area contributed by atoms with Crippen molar-refractivity contribution >= 4 is 5.82 Å². The standard InChI is InChI=1S/C7H15N5/c1-6(8)3-4-9-7-5-10-11-12(7)2/h5-6,9H,3-4,8H2,1-2H3. The monoisotopic (exact) mass is 169 g/mol. The Balaban J connectivity index is 2.29. The Hall–Kier alpha value is -1.10. The molecule has 0 bridgehead atoms. The van der Waals surface area contributed by atoms with Crippen molar-refractivity contribution in [2.45, 2.75) is 19.4 Å². The van der Waals surface area contributed by atoms with E-state index < -0.39 is 0 Å². The van der Waals surface area contributed by atoms with Gasteiger partial charge in [-0.2, -0.15) is 0 Å². The highest BCUT2D eigenvalue weighted by molar-refractivity contribution is 5.30. The first kappa shape index (κ1) is 8.99. The summed E-state index contributed by atoms with van der Waals surface area (Å²) in [5, 5.41) is 10.7. The van der Waals surface area contributed by atoms with Gasteiger partial charge in [-0.1, -0.05) is 5.21 Å². The van der Waals surface area contributed by atoms with Crippen LogP contribution in [0.3, 0.4) is 0 Å². The van der Waals surface area contributed by atoms with Gasteiger partial charge in [0.25, 0.3) is 0 Å². The lowest BCUT2D eigenvalue weighted by Crippen LogP contribution is -2.19. The van der Waals surface area contributed by atoms with Gasteiger partial charge in [-0.25, -0.2) is 4.68 Å². The highest BCUT2D eigenvalue weighted by atomic mass is 15.4. The molecule has 0 saturated heterocycles. The second-order valence-corrected chi connectivity index (χ2v) is 2.94. The van der Waals surface area contributed by atoms with Crippen LogP contribution in [0.25, 0.3) is 0 Å². The number of hydrogen-bond acceptors (Lipinski definition) is 4. The van der Waals surface area contributed by atoms with Crippen molar-refractivity contribution in [3.05, 3.63) is 6.20 Å². The summed E-state index contributed by atoms with van der Waals surface area (Å²) in [6.45, 7) is 2.85. The summed E-state index contributed by atoms with van der Waals surface area (Å²) in [5.41, 5.74) is 5.59. The van der Waals surface area contributed by atoms with Crippen LogP contribution >= 0.6 is 0 Å². The van der Waals surface area contributed by atoms with Crippen LogP contribution in [-0.4, -0.2) is 27.6 Å². The van der Waals surface area contributed by atoms with Crippen LogP contribution in [0, 0.1) is 0 Å². The molecular weight excluding hydrogens is 154 g/mol. The molecule has 5 nitrogen and oxygen atoms in total. The largest absolute Gasteiger partial charge is 0.369 e. The molecule has 0 aromatic carbocycles. The SMILES string of the molecule is CC(N)CCNc1cnnn1C. The van der Waals surface area contributed by atoms with Crippen molar-refractivity contribution in [3.8, 4) is 0 Å². The number of anilines is 1. The Kier molecular flexibility index (Phi) is 3.04. The lowest BCUT2D eigenvalue weighted by molar-refractivity contribution is 0.677. The number of nitrogens with zero attached hydrogens (tertiary/aromatic N) is 3. The minimum atomic E-state index is 0.235. The number of rotatable bonds is 4. The van der Waals surface area contributed by atoms with E-state index in [-0.39, 0.29) is 6.04 Å². The smallest absolute Gasteiger partial charge is 0.144 e. The van der Waals surface area contributed by atoms with Crippen molar-refractivity contribution in [3.63, 3.8) is 0 Å². The van der Waals surface area contributed by atoms with Crippen LogP contribution in [0.5, 0.6) is 0 Å². The Morgan fingerprint density at radius 3 is 3.00 bits per heavy atom. The van der Waals surface area contributed by atoms with Gasteiger partial charge in [-0.15, -0.1) is 5.10 Å². The zero-order valence-corrected chi connectivity index (χ0v) is 7.49. The minimum Gasteiger partial charge on any atom is -0.369 e. The highest BCUT2D eigenvalue weighted by Crippen LogP contribution is 2.00. The molecule has 0 saturated carbocycles. The number of aryl methyl sites for hydroxylation is 1. The summed E-state index contributed by atoms with van der Waals surface area (Å²) in [6.07, 6.45) is 2.65. The fourth-order valence-electron chi connectivity index (χ4n) is 0.878. The number of aromatic nitrogens is 3. The third-order valence-corrected chi connectivity index (χ3v) is 1.62. The van der Waals surface area contributed by atoms with Crippen molar-refractivity contribution in [2.75, 3.05) is 11.9 Å². The summed E-state index contributed by atoms with van der Waals surface area (Å²) in [5.74, 6) is 0.927. The van der Waals surface area contributed by atoms with Crippen molar-refractivity contribution in [1.29, 1.82) is 0 Å². The number of hydrogen-bond donors (Lipinski definition) is 2. The normalized spacial score (nSPS) is 12.9. The first-order valence-corrected chi connectivity index (χ1v) is 4.04. The molecule has 5 heteroatoms. The minimum absolute atomic E-state index is 0.235. The van der Waals surface area contributed by atoms with Gasteiger partial charge < -0.3 is 11.1 Å². The molecule has 1 atom stereocenters. The summed E-state index contributed by atoms with van der Waals surface area (Å²) < 4.78 is 1.70. The quantitative estimate of drug-likeness (QED) is 0.664. The molecule has 3 N–H and O–H groups in total. The predicted molar refractivity (Wildman–Crippen MR) is 47.8 cm³/mol. The average Bonchev–Trinajstić information content (AvgIpc) is 2.36. The van der Waals surface area contributed by atoms with Crippen LogP contribution in [0.1, 0.15) is 13.3 Å². The molecule has 0 aliphatic rings. The van der Waals surface area contributed by atoms with E-state index in [1.807, 2.05) is 14.0 Å². The van der Waals surface area contributed by atoms with Crippen molar-refractivity contribution < 1.29 is 0 Å². The molecule has 1 unspecified atom stereocenters. The molecule has 1 aromatic rings. The molecule has 0 amide bonds. The zero-order valence-electron chi connectivity index (χ0n) is 7.49. The summed E-state index contributed by atoms with van der Waals surface area (Å²) >= 11 is 0. The van der Waals surface area contributed by atoms with E-state index in [9.17, 15) is 0 Å². The first-order chi connectivity index (χ1) is 5.70. The maximum Gasteiger partial charge on any atom is 0.144 e. The first-order valence-electron chi connectivity index (χ1n) is 4.04. The topological polar surface area (TPSA) is 68.8 Å². The van der Waals surface area contributed by atoms with Gasteiger partial charge in [0.05, 0.1) is 6.20 Å². The van der Waals surface area contributed by atoms with Gasteiger partial charge in [-0.05, 0) is 13.3 Å². The Labute approximate surface area is 71.9 Å². The second-order valence-electron chi connectivity index (χ2n) is 2.94. The molecule has 1 heterocycles.